The number of hydrogen-bond donors (Lipinski definition) is 1. The van der Waals surface area contributed by atoms with Crippen molar-refractivity contribution in [1.29, 1.82) is 0 Å². The molecule has 0 spiro atoms. The Balaban J connectivity index is 1.77. The van der Waals surface area contributed by atoms with E-state index in [9.17, 15) is 17.4 Å². The first kappa shape index (κ1) is 26.9. The summed E-state index contributed by atoms with van der Waals surface area (Å²) in [5.41, 5.74) is 2.55. The molecule has 0 fully saturated rings. The third kappa shape index (κ3) is 6.31. The normalized spacial score (nSPS) is 11.2. The van der Waals surface area contributed by atoms with Gasteiger partial charge in [-0.15, -0.1) is 0 Å². The van der Waals surface area contributed by atoms with Crippen molar-refractivity contribution >= 4 is 21.7 Å². The second-order valence-electron chi connectivity index (χ2n) is 9.10. The molecule has 0 aliphatic carbocycles. The average molecular weight is 556 g/mol. The van der Waals surface area contributed by atoms with Crippen molar-refractivity contribution in [3.05, 3.63) is 138 Å². The summed E-state index contributed by atoms with van der Waals surface area (Å²) in [6.45, 7) is 1.96. The molecule has 0 aliphatic heterocycles. The summed E-state index contributed by atoms with van der Waals surface area (Å²) in [5, 5.41) is 0. The van der Waals surface area contributed by atoms with Crippen molar-refractivity contribution in [1.82, 2.24) is 0 Å². The van der Waals surface area contributed by atoms with E-state index in [1.807, 2.05) is 55.5 Å². The molecule has 202 valence electrons. The van der Waals surface area contributed by atoms with Crippen LogP contribution >= 0.6 is 0 Å². The molecule has 0 amide bonds. The molecule has 0 aromatic heterocycles. The zero-order valence-corrected chi connectivity index (χ0v) is 22.4. The van der Waals surface area contributed by atoms with Crippen molar-refractivity contribution in [2.24, 2.45) is 0 Å². The Bertz CT molecular complexity index is 1710. The van der Waals surface area contributed by atoms with Gasteiger partial charge >= 0.3 is 10.3 Å². The van der Waals surface area contributed by atoms with Gasteiger partial charge in [-0.25, -0.2) is 8.70 Å². The van der Waals surface area contributed by atoms with Gasteiger partial charge in [-0.3, -0.25) is 4.55 Å². The lowest BCUT2D eigenvalue weighted by atomic mass is 10.0. The van der Waals surface area contributed by atoms with Gasteiger partial charge in [0.05, 0.1) is 5.69 Å². The van der Waals surface area contributed by atoms with E-state index in [4.69, 9.17) is 9.47 Å². The fourth-order valence-corrected chi connectivity index (χ4v) is 5.06. The summed E-state index contributed by atoms with van der Waals surface area (Å²) in [6, 6.07) is 33.9. The lowest BCUT2D eigenvalue weighted by molar-refractivity contribution is 0.306. The highest BCUT2D eigenvalue weighted by Crippen LogP contribution is 2.47. The van der Waals surface area contributed by atoms with Crippen LogP contribution in [-0.2, 0) is 16.9 Å². The zero-order valence-electron chi connectivity index (χ0n) is 21.6. The molecule has 0 bridgehead atoms. The van der Waals surface area contributed by atoms with Crippen LogP contribution in [-0.4, -0.2) is 13.0 Å². The second kappa shape index (κ2) is 11.6. The van der Waals surface area contributed by atoms with Gasteiger partial charge in [0.15, 0.2) is 0 Å². The molecular formula is C32H26FNO5S. The predicted molar refractivity (Wildman–Crippen MR) is 154 cm³/mol. The number of para-hydroxylation sites is 1. The number of rotatable bonds is 9. The first-order valence-electron chi connectivity index (χ1n) is 12.5. The average Bonchev–Trinajstić information content (AvgIpc) is 2.94. The fourth-order valence-electron chi connectivity index (χ4n) is 4.25. The molecule has 0 atom stereocenters. The number of anilines is 2. The maximum Gasteiger partial charge on any atom is 0.364 e. The number of hydrogen-bond acceptors (Lipinski definition) is 4. The van der Waals surface area contributed by atoms with Crippen LogP contribution < -0.4 is 13.8 Å². The quantitative estimate of drug-likeness (QED) is 0.186. The number of ether oxygens (including phenoxy) is 2. The van der Waals surface area contributed by atoms with E-state index in [2.05, 4.69) is 0 Å². The van der Waals surface area contributed by atoms with Gasteiger partial charge in [0.1, 0.15) is 35.4 Å². The molecule has 0 radical (unpaired) electrons. The van der Waals surface area contributed by atoms with Crippen LogP contribution in [0.25, 0.3) is 11.1 Å². The van der Waals surface area contributed by atoms with Gasteiger partial charge < -0.3 is 9.47 Å². The van der Waals surface area contributed by atoms with E-state index in [1.165, 1.54) is 18.2 Å². The smallest absolute Gasteiger partial charge is 0.364 e. The SMILES string of the molecule is Cc1ccc(N(c2c(OCc3ccccc3)cc(Oc3ccccc3)cc2-c2cccc(F)c2)S(=O)(=O)O)cc1. The Kier molecular flexibility index (Phi) is 7.82. The molecule has 0 saturated heterocycles. The predicted octanol–water partition coefficient (Wildman–Crippen LogP) is 8.11. The summed E-state index contributed by atoms with van der Waals surface area (Å²) in [7, 11) is -4.88. The van der Waals surface area contributed by atoms with Crippen LogP contribution in [0.2, 0.25) is 0 Å². The molecule has 8 heteroatoms. The Labute approximate surface area is 232 Å². The molecule has 40 heavy (non-hydrogen) atoms. The van der Waals surface area contributed by atoms with Crippen LogP contribution in [0.4, 0.5) is 15.8 Å². The van der Waals surface area contributed by atoms with Crippen molar-refractivity contribution in [3.63, 3.8) is 0 Å². The molecule has 5 aromatic rings. The van der Waals surface area contributed by atoms with Gasteiger partial charge in [0.2, 0.25) is 0 Å². The number of aryl methyl sites for hydroxylation is 1. The molecule has 5 rings (SSSR count). The highest BCUT2D eigenvalue weighted by Gasteiger charge is 2.30. The Hall–Kier alpha value is -4.66. The van der Waals surface area contributed by atoms with E-state index in [0.29, 0.717) is 17.1 Å². The van der Waals surface area contributed by atoms with Crippen molar-refractivity contribution in [2.75, 3.05) is 4.31 Å². The largest absolute Gasteiger partial charge is 0.487 e. The van der Waals surface area contributed by atoms with Gasteiger partial charge in [0.25, 0.3) is 0 Å². The summed E-state index contributed by atoms with van der Waals surface area (Å²) < 4.78 is 64.1. The molecule has 0 aliphatic rings. The van der Waals surface area contributed by atoms with Gasteiger partial charge in [-0.2, -0.15) is 8.42 Å². The molecule has 0 saturated carbocycles. The standard InChI is InChI=1S/C32H26FNO5S/c1-23-15-17-27(18-16-23)34(40(35,36)37)32-30(25-11-8-12-26(33)19-25)20-29(39-28-13-6-3-7-14-28)21-31(32)38-22-24-9-4-2-5-10-24/h2-21H,22H2,1H3,(H,35,36,37). The van der Waals surface area contributed by atoms with Crippen LogP contribution in [0.1, 0.15) is 11.1 Å². The molecule has 6 nitrogen and oxygen atoms in total. The highest BCUT2D eigenvalue weighted by molar-refractivity contribution is 7.87. The molecule has 5 aromatic carbocycles. The first-order chi connectivity index (χ1) is 19.3. The molecule has 0 unspecified atom stereocenters. The third-order valence-corrected chi connectivity index (χ3v) is 6.96. The van der Waals surface area contributed by atoms with E-state index < -0.39 is 16.1 Å². The lowest BCUT2D eigenvalue weighted by Crippen LogP contribution is -2.26. The van der Waals surface area contributed by atoms with E-state index in [0.717, 1.165) is 15.4 Å². The summed E-state index contributed by atoms with van der Waals surface area (Å²) in [4.78, 5) is 0. The van der Waals surface area contributed by atoms with Crippen LogP contribution in [0.3, 0.4) is 0 Å². The maximum atomic E-state index is 14.5. The van der Waals surface area contributed by atoms with E-state index in [1.54, 1.807) is 54.6 Å². The number of nitrogens with zero attached hydrogens (tertiary/aromatic N) is 1. The minimum atomic E-state index is -4.88. The Morgan fingerprint density at radius 1 is 0.775 bits per heavy atom. The Morgan fingerprint density at radius 3 is 2.10 bits per heavy atom. The monoisotopic (exact) mass is 555 g/mol. The van der Waals surface area contributed by atoms with Crippen molar-refractivity contribution in [3.8, 4) is 28.4 Å². The summed E-state index contributed by atoms with van der Waals surface area (Å²) in [5.74, 6) is 0.462. The topological polar surface area (TPSA) is 76.1 Å². The minimum Gasteiger partial charge on any atom is -0.487 e. The maximum absolute atomic E-state index is 14.5. The number of benzene rings is 5. The molecule has 0 heterocycles. The zero-order chi connectivity index (χ0) is 28.1. The van der Waals surface area contributed by atoms with Crippen LogP contribution in [0, 0.1) is 12.7 Å². The van der Waals surface area contributed by atoms with Crippen LogP contribution in [0.15, 0.2) is 121 Å². The Morgan fingerprint density at radius 2 is 1.45 bits per heavy atom. The first-order valence-corrected chi connectivity index (χ1v) is 13.9. The van der Waals surface area contributed by atoms with Gasteiger partial charge in [-0.05, 0) is 60.5 Å². The van der Waals surface area contributed by atoms with Gasteiger partial charge in [-0.1, -0.05) is 78.4 Å². The highest BCUT2D eigenvalue weighted by atomic mass is 32.2. The third-order valence-electron chi connectivity index (χ3n) is 6.10. The summed E-state index contributed by atoms with van der Waals surface area (Å²) in [6.07, 6.45) is 0. The number of halogens is 1. The second-order valence-corrected chi connectivity index (χ2v) is 10.4. The van der Waals surface area contributed by atoms with Crippen molar-refractivity contribution < 1.29 is 26.8 Å². The van der Waals surface area contributed by atoms with Crippen molar-refractivity contribution in [2.45, 2.75) is 13.5 Å². The van der Waals surface area contributed by atoms with Gasteiger partial charge in [0, 0.05) is 11.6 Å². The minimum absolute atomic E-state index is 0.00768. The summed E-state index contributed by atoms with van der Waals surface area (Å²) >= 11 is 0. The molecular weight excluding hydrogens is 529 g/mol. The van der Waals surface area contributed by atoms with E-state index >= 15 is 0 Å². The lowest BCUT2D eigenvalue weighted by Gasteiger charge is -2.27. The van der Waals surface area contributed by atoms with Crippen LogP contribution in [0.5, 0.6) is 17.2 Å². The van der Waals surface area contributed by atoms with E-state index in [-0.39, 0.29) is 29.3 Å². The fraction of sp³-hybridized carbons (Fsp3) is 0.0625. The molecule has 1 N–H and O–H groups in total.